The highest BCUT2D eigenvalue weighted by molar-refractivity contribution is 6.35. The minimum absolute atomic E-state index is 0.116. The Morgan fingerprint density at radius 3 is 2.48 bits per heavy atom. The van der Waals surface area contributed by atoms with Crippen molar-refractivity contribution in [3.8, 4) is 0 Å². The third-order valence-corrected chi connectivity index (χ3v) is 4.01. The van der Waals surface area contributed by atoms with Crippen molar-refractivity contribution >= 4 is 22.8 Å². The zero-order chi connectivity index (χ0) is 16.2. The molecule has 0 bridgehead atoms. The summed E-state index contributed by atoms with van der Waals surface area (Å²) in [4.78, 5) is 23.2. The summed E-state index contributed by atoms with van der Waals surface area (Å²) in [6, 6.07) is 16.9. The Balaban J connectivity index is 2.09. The van der Waals surface area contributed by atoms with Crippen molar-refractivity contribution < 1.29 is 14.7 Å². The van der Waals surface area contributed by atoms with E-state index in [2.05, 4.69) is 0 Å². The van der Waals surface area contributed by atoms with Crippen LogP contribution in [0.25, 0.3) is 10.8 Å². The monoisotopic (exact) mass is 307 g/mol. The molecule has 0 saturated carbocycles. The Morgan fingerprint density at radius 2 is 1.78 bits per heavy atom. The number of nitrogens with zero attached hydrogens (tertiary/aromatic N) is 1. The molecule has 0 radical (unpaired) electrons. The van der Waals surface area contributed by atoms with Crippen LogP contribution in [0.15, 0.2) is 60.8 Å². The summed E-state index contributed by atoms with van der Waals surface area (Å²) in [6.07, 6.45) is 2.74. The smallest absolute Gasteiger partial charge is 0.242 e. The first-order valence-corrected chi connectivity index (χ1v) is 7.48. The first-order valence-electron chi connectivity index (χ1n) is 7.48. The maximum absolute atomic E-state index is 12.1. The van der Waals surface area contributed by atoms with E-state index in [4.69, 9.17) is 0 Å². The van der Waals surface area contributed by atoms with Gasteiger partial charge in [-0.3, -0.25) is 9.59 Å². The van der Waals surface area contributed by atoms with Gasteiger partial charge in [0.1, 0.15) is 5.69 Å². The van der Waals surface area contributed by atoms with Crippen LogP contribution in [0.5, 0.6) is 0 Å². The first-order chi connectivity index (χ1) is 11.2. The van der Waals surface area contributed by atoms with Gasteiger partial charge in [-0.25, -0.2) is 0 Å². The van der Waals surface area contributed by atoms with Gasteiger partial charge in [0.25, 0.3) is 0 Å². The lowest BCUT2D eigenvalue weighted by atomic mass is 10.1. The second-order valence-electron chi connectivity index (χ2n) is 5.48. The summed E-state index contributed by atoms with van der Waals surface area (Å²) in [5.74, 6) is -0.572. The van der Waals surface area contributed by atoms with Gasteiger partial charge >= 0.3 is 0 Å². The number of aldehydes is 1. The van der Waals surface area contributed by atoms with E-state index < -0.39 is 5.78 Å². The molecule has 1 unspecified atom stereocenters. The Labute approximate surface area is 134 Å². The van der Waals surface area contributed by atoms with Crippen LogP contribution < -0.4 is 0 Å². The van der Waals surface area contributed by atoms with Crippen molar-refractivity contribution in [1.82, 2.24) is 4.57 Å². The van der Waals surface area contributed by atoms with Crippen molar-refractivity contribution in [3.63, 3.8) is 0 Å². The van der Waals surface area contributed by atoms with E-state index in [0.717, 1.165) is 16.3 Å². The average molecular weight is 307 g/mol. The molecule has 2 aromatic carbocycles. The fourth-order valence-corrected chi connectivity index (χ4v) is 2.92. The van der Waals surface area contributed by atoms with Gasteiger partial charge in [0.05, 0.1) is 12.6 Å². The maximum Gasteiger partial charge on any atom is 0.242 e. The molecule has 23 heavy (non-hydrogen) atoms. The Hall–Kier alpha value is -2.72. The molecule has 4 heteroatoms. The number of ketones is 1. The zero-order valence-electron chi connectivity index (χ0n) is 12.6. The van der Waals surface area contributed by atoms with Crippen LogP contribution in [-0.4, -0.2) is 28.3 Å². The number of carbonyl (C=O) groups excluding carboxylic acids is 2. The van der Waals surface area contributed by atoms with Gasteiger partial charge in [0.15, 0.2) is 6.29 Å². The molecule has 0 spiro atoms. The van der Waals surface area contributed by atoms with Gasteiger partial charge in [-0.15, -0.1) is 0 Å². The second-order valence-corrected chi connectivity index (χ2v) is 5.48. The largest absolute Gasteiger partial charge is 0.394 e. The topological polar surface area (TPSA) is 59.3 Å². The fraction of sp³-hybridized carbons (Fsp3) is 0.158. The van der Waals surface area contributed by atoms with Crippen molar-refractivity contribution in [1.29, 1.82) is 0 Å². The number of rotatable bonds is 6. The molecule has 1 N–H and O–H groups in total. The molecule has 0 amide bonds. The minimum atomic E-state index is -0.572. The maximum atomic E-state index is 12.1. The van der Waals surface area contributed by atoms with Crippen LogP contribution in [-0.2, 0) is 11.2 Å². The molecule has 4 nitrogen and oxygen atoms in total. The highest BCUT2D eigenvalue weighted by Crippen LogP contribution is 2.26. The van der Waals surface area contributed by atoms with E-state index in [1.165, 1.54) is 0 Å². The normalized spacial score (nSPS) is 12.2. The minimum Gasteiger partial charge on any atom is -0.394 e. The van der Waals surface area contributed by atoms with Gasteiger partial charge in [-0.1, -0.05) is 54.6 Å². The van der Waals surface area contributed by atoms with Gasteiger partial charge in [-0.2, -0.15) is 0 Å². The number of aliphatic hydroxyl groups is 1. The Kier molecular flexibility index (Phi) is 4.35. The fourth-order valence-electron chi connectivity index (χ4n) is 2.92. The number of hydrogen-bond donors (Lipinski definition) is 1. The molecule has 3 aromatic rings. The standard InChI is InChI=1S/C19H17NO3/c21-12-16(10-14-6-2-1-3-7-14)20-11-15-8-4-5-9-17(15)19(20)18(23)13-22/h1-9,11,13,16,21H,10,12H2. The van der Waals surface area contributed by atoms with E-state index in [0.29, 0.717) is 18.4 Å². The molecule has 0 aliphatic rings. The van der Waals surface area contributed by atoms with Crippen molar-refractivity contribution in [2.24, 2.45) is 0 Å². The quantitative estimate of drug-likeness (QED) is 0.433. The van der Waals surface area contributed by atoms with Crippen LogP contribution in [0.3, 0.4) is 0 Å². The molecule has 116 valence electrons. The number of aromatic nitrogens is 1. The van der Waals surface area contributed by atoms with Gasteiger partial charge in [0, 0.05) is 17.0 Å². The highest BCUT2D eigenvalue weighted by Gasteiger charge is 2.21. The molecular formula is C19H17NO3. The van der Waals surface area contributed by atoms with Crippen molar-refractivity contribution in [2.45, 2.75) is 12.5 Å². The third kappa shape index (κ3) is 2.94. The summed E-state index contributed by atoms with van der Waals surface area (Å²) in [7, 11) is 0. The number of carbonyl (C=O) groups is 2. The number of Topliss-reactive ketones (excluding diaryl/α,β-unsaturated/α-hetero) is 1. The van der Waals surface area contributed by atoms with E-state index in [9.17, 15) is 14.7 Å². The lowest BCUT2D eigenvalue weighted by Crippen LogP contribution is -2.20. The highest BCUT2D eigenvalue weighted by atomic mass is 16.3. The predicted molar refractivity (Wildman–Crippen MR) is 88.6 cm³/mol. The molecule has 0 saturated heterocycles. The van der Waals surface area contributed by atoms with Crippen molar-refractivity contribution in [3.05, 3.63) is 72.1 Å². The van der Waals surface area contributed by atoms with E-state index in [-0.39, 0.29) is 12.6 Å². The van der Waals surface area contributed by atoms with E-state index in [1.807, 2.05) is 60.8 Å². The lowest BCUT2D eigenvalue weighted by molar-refractivity contribution is -0.104. The van der Waals surface area contributed by atoms with Crippen molar-refractivity contribution in [2.75, 3.05) is 6.61 Å². The van der Waals surface area contributed by atoms with Crippen LogP contribution in [0.1, 0.15) is 22.1 Å². The summed E-state index contributed by atoms with van der Waals surface area (Å²) in [5, 5.41) is 11.4. The zero-order valence-corrected chi connectivity index (χ0v) is 12.6. The van der Waals surface area contributed by atoms with Gasteiger partial charge in [0.2, 0.25) is 5.78 Å². The lowest BCUT2D eigenvalue weighted by Gasteiger charge is -2.19. The molecule has 0 aliphatic heterocycles. The molecule has 1 heterocycles. The van der Waals surface area contributed by atoms with Crippen LogP contribution in [0, 0.1) is 0 Å². The average Bonchev–Trinajstić information content (AvgIpc) is 2.99. The van der Waals surface area contributed by atoms with Crippen LogP contribution >= 0.6 is 0 Å². The Morgan fingerprint density at radius 1 is 1.09 bits per heavy atom. The molecule has 1 aromatic heterocycles. The molecule has 3 rings (SSSR count). The second kappa shape index (κ2) is 6.58. The Bertz CT molecular complexity index is 836. The number of hydrogen-bond acceptors (Lipinski definition) is 3. The summed E-state index contributed by atoms with van der Waals surface area (Å²) >= 11 is 0. The molecule has 0 aliphatic carbocycles. The molecule has 0 fully saturated rings. The first kappa shape index (κ1) is 15.2. The SMILES string of the molecule is O=CC(=O)c1c2ccccc2cn1C(CO)Cc1ccccc1. The third-order valence-electron chi connectivity index (χ3n) is 4.01. The molecule has 1 atom stereocenters. The van der Waals surface area contributed by atoms with Crippen LogP contribution in [0.2, 0.25) is 0 Å². The van der Waals surface area contributed by atoms with E-state index >= 15 is 0 Å². The summed E-state index contributed by atoms with van der Waals surface area (Å²) in [5.41, 5.74) is 1.40. The molecular weight excluding hydrogens is 290 g/mol. The summed E-state index contributed by atoms with van der Waals surface area (Å²) in [6.45, 7) is -0.116. The number of benzene rings is 2. The van der Waals surface area contributed by atoms with E-state index in [1.54, 1.807) is 4.57 Å². The number of fused-ring (bicyclic) bond motifs is 1. The summed E-state index contributed by atoms with van der Waals surface area (Å²) < 4.78 is 1.73. The van der Waals surface area contributed by atoms with Gasteiger partial charge in [-0.05, 0) is 12.0 Å². The predicted octanol–water partition coefficient (Wildman–Crippen LogP) is 2.80. The van der Waals surface area contributed by atoms with Crippen LogP contribution in [0.4, 0.5) is 0 Å². The number of aliphatic hydroxyl groups excluding tert-OH is 1. The van der Waals surface area contributed by atoms with Gasteiger partial charge < -0.3 is 9.67 Å².